The predicted molar refractivity (Wildman–Crippen MR) is 177 cm³/mol. The van der Waals surface area contributed by atoms with E-state index in [-0.39, 0.29) is 16.5 Å². The van der Waals surface area contributed by atoms with Gasteiger partial charge in [0.25, 0.3) is 5.78 Å². The van der Waals surface area contributed by atoms with Crippen LogP contribution in [0.1, 0.15) is 43.5 Å². The molecule has 1 aliphatic heterocycles. The summed E-state index contributed by atoms with van der Waals surface area (Å²) in [6.07, 6.45) is 0. The fourth-order valence-corrected chi connectivity index (χ4v) is 7.18. The van der Waals surface area contributed by atoms with Crippen molar-refractivity contribution in [3.63, 3.8) is 0 Å². The van der Waals surface area contributed by atoms with Crippen molar-refractivity contribution >= 4 is 68.9 Å². The van der Waals surface area contributed by atoms with Crippen LogP contribution < -0.4 is 19.1 Å². The first-order valence-electron chi connectivity index (χ1n) is 14.1. The molecule has 1 amide bonds. The van der Waals surface area contributed by atoms with Gasteiger partial charge in [-0.1, -0.05) is 58.4 Å². The lowest BCUT2D eigenvalue weighted by molar-refractivity contribution is -0.132. The third-order valence-electron chi connectivity index (χ3n) is 6.73. The van der Waals surface area contributed by atoms with Crippen LogP contribution in [0.3, 0.4) is 0 Å². The molecule has 4 aromatic rings. The number of halogens is 2. The van der Waals surface area contributed by atoms with Crippen LogP contribution in [0.15, 0.2) is 70.6 Å². The number of carbonyl (C=O) groups excluding carboxylic acids is 2. The number of aromatic nitrogens is 2. The van der Waals surface area contributed by atoms with E-state index in [1.807, 2.05) is 26.8 Å². The topological polar surface area (TPSA) is 111 Å². The molecule has 0 saturated carbocycles. The van der Waals surface area contributed by atoms with Gasteiger partial charge in [-0.3, -0.25) is 14.5 Å². The van der Waals surface area contributed by atoms with E-state index in [1.54, 1.807) is 54.6 Å². The van der Waals surface area contributed by atoms with E-state index >= 15 is 0 Å². The van der Waals surface area contributed by atoms with E-state index in [9.17, 15) is 14.7 Å². The first-order valence-corrected chi connectivity index (χ1v) is 16.6. The fourth-order valence-electron chi connectivity index (χ4n) is 4.75. The van der Waals surface area contributed by atoms with Crippen LogP contribution in [0.4, 0.5) is 5.13 Å². The molecule has 2 heterocycles. The summed E-state index contributed by atoms with van der Waals surface area (Å²) in [4.78, 5) is 28.6. The molecule has 1 atom stereocenters. The van der Waals surface area contributed by atoms with Gasteiger partial charge in [0.15, 0.2) is 15.8 Å². The molecule has 13 heteroatoms. The Bertz CT molecular complexity index is 1750. The quantitative estimate of drug-likeness (QED) is 0.0522. The van der Waals surface area contributed by atoms with E-state index in [2.05, 4.69) is 10.2 Å². The molecule has 3 aromatic carbocycles. The summed E-state index contributed by atoms with van der Waals surface area (Å²) in [7, 11) is 0. The molecular formula is C32H29Cl2N3O6S2. The average molecular weight is 687 g/mol. The highest BCUT2D eigenvalue weighted by atomic mass is 35.5. The summed E-state index contributed by atoms with van der Waals surface area (Å²) >= 11 is 14.9. The van der Waals surface area contributed by atoms with E-state index in [1.165, 1.54) is 16.7 Å². The number of hydrogen-bond donors (Lipinski definition) is 1. The van der Waals surface area contributed by atoms with Crippen molar-refractivity contribution in [1.29, 1.82) is 0 Å². The highest BCUT2D eigenvalue weighted by molar-refractivity contribution is 8.00. The Labute approximate surface area is 278 Å². The fraction of sp³-hybridized carbons (Fsp3) is 0.250. The second-order valence-electron chi connectivity index (χ2n) is 9.57. The second kappa shape index (κ2) is 14.6. The number of aliphatic hydroxyl groups excluding tert-OH is 1. The number of ketones is 1. The van der Waals surface area contributed by atoms with Crippen LogP contribution in [0.25, 0.3) is 5.76 Å². The molecule has 234 valence electrons. The number of amides is 1. The molecule has 1 unspecified atom stereocenters. The molecular weight excluding hydrogens is 657 g/mol. The predicted octanol–water partition coefficient (Wildman–Crippen LogP) is 7.96. The minimum atomic E-state index is -1.03. The van der Waals surface area contributed by atoms with Gasteiger partial charge < -0.3 is 19.3 Å². The number of hydrogen-bond acceptors (Lipinski definition) is 10. The summed E-state index contributed by atoms with van der Waals surface area (Å²) < 4.78 is 17.7. The van der Waals surface area contributed by atoms with Gasteiger partial charge in [0.1, 0.15) is 11.5 Å². The third-order valence-corrected chi connectivity index (χ3v) is 9.43. The molecule has 1 fully saturated rings. The van der Waals surface area contributed by atoms with Crippen LogP contribution in [0.5, 0.6) is 17.2 Å². The molecule has 1 N–H and O–H groups in total. The van der Waals surface area contributed by atoms with Gasteiger partial charge >= 0.3 is 5.91 Å². The summed E-state index contributed by atoms with van der Waals surface area (Å²) in [6, 6.07) is 16.1. The van der Waals surface area contributed by atoms with Crippen LogP contribution in [0.2, 0.25) is 10.0 Å². The van der Waals surface area contributed by atoms with Crippen molar-refractivity contribution in [1.82, 2.24) is 10.2 Å². The maximum absolute atomic E-state index is 13.7. The number of Topliss-reactive ketones (excluding diaryl/α,β-unsaturated/α-hetero) is 1. The number of thioether (sulfide) groups is 1. The van der Waals surface area contributed by atoms with Gasteiger partial charge in [-0.15, -0.1) is 10.2 Å². The minimum absolute atomic E-state index is 0.0897. The van der Waals surface area contributed by atoms with E-state index in [0.717, 1.165) is 16.9 Å². The smallest absolute Gasteiger partial charge is 0.301 e. The summed E-state index contributed by atoms with van der Waals surface area (Å²) in [6.45, 7) is 6.84. The average Bonchev–Trinajstić information content (AvgIpc) is 3.59. The largest absolute Gasteiger partial charge is 0.507 e. The van der Waals surface area contributed by atoms with E-state index in [0.29, 0.717) is 68.3 Å². The normalized spacial score (nSPS) is 15.8. The Kier molecular flexibility index (Phi) is 10.5. The zero-order valence-corrected chi connectivity index (χ0v) is 27.7. The highest BCUT2D eigenvalue weighted by Crippen LogP contribution is 2.46. The van der Waals surface area contributed by atoms with Gasteiger partial charge in [0, 0.05) is 21.4 Å². The number of nitrogens with zero attached hydrogens (tertiary/aromatic N) is 3. The number of benzene rings is 3. The van der Waals surface area contributed by atoms with E-state index in [4.69, 9.17) is 37.4 Å². The maximum Gasteiger partial charge on any atom is 0.301 e. The van der Waals surface area contributed by atoms with Crippen molar-refractivity contribution in [3.8, 4) is 17.2 Å². The van der Waals surface area contributed by atoms with Gasteiger partial charge in [-0.25, -0.2) is 0 Å². The zero-order chi connectivity index (χ0) is 32.1. The van der Waals surface area contributed by atoms with Crippen LogP contribution >= 0.6 is 46.3 Å². The number of aliphatic hydroxyl groups is 1. The van der Waals surface area contributed by atoms with Crippen molar-refractivity contribution in [2.24, 2.45) is 0 Å². The van der Waals surface area contributed by atoms with E-state index < -0.39 is 17.7 Å². The Morgan fingerprint density at radius 2 is 1.62 bits per heavy atom. The monoisotopic (exact) mass is 685 g/mol. The summed E-state index contributed by atoms with van der Waals surface area (Å²) in [5.41, 5.74) is 1.64. The number of ether oxygens (including phenoxy) is 3. The molecule has 9 nitrogen and oxygen atoms in total. The number of rotatable bonds is 12. The van der Waals surface area contributed by atoms with Gasteiger partial charge in [0.2, 0.25) is 5.13 Å². The first-order chi connectivity index (χ1) is 21.7. The van der Waals surface area contributed by atoms with Crippen molar-refractivity contribution in [2.45, 2.75) is 36.9 Å². The first kappa shape index (κ1) is 32.6. The minimum Gasteiger partial charge on any atom is -0.507 e. The number of carbonyl (C=O) groups is 2. The standard InChI is InChI=1S/C32H29Cl2N3O6S2/c1-4-41-22-12-8-18(9-13-22)28(38)26-27(19-10-14-24(42-5-2)25(15-19)43-6-3)37(30(40)29(26)39)31-35-36-32(45-31)44-17-20-7-11-21(33)16-23(20)34/h7-16,27,38H,4-6,17H2,1-3H3/b28-26+. The molecule has 1 saturated heterocycles. The molecule has 5 rings (SSSR count). The lowest BCUT2D eigenvalue weighted by atomic mass is 9.95. The SMILES string of the molecule is CCOc1ccc(/C(O)=C2\C(=O)C(=O)N(c3nnc(SCc4ccc(Cl)cc4Cl)s3)C2c2ccc(OCC)c(OCC)c2)cc1. The van der Waals surface area contributed by atoms with Gasteiger partial charge in [0.05, 0.1) is 31.4 Å². The summed E-state index contributed by atoms with van der Waals surface area (Å²) in [5, 5.41) is 21.3. The summed E-state index contributed by atoms with van der Waals surface area (Å²) in [5.74, 6) is 0.0356. The Morgan fingerprint density at radius 3 is 2.31 bits per heavy atom. The Hall–Kier alpha value is -3.77. The van der Waals surface area contributed by atoms with Crippen molar-refractivity contribution < 1.29 is 28.9 Å². The lowest BCUT2D eigenvalue weighted by Crippen LogP contribution is -2.29. The lowest BCUT2D eigenvalue weighted by Gasteiger charge is -2.23. The molecule has 45 heavy (non-hydrogen) atoms. The molecule has 0 radical (unpaired) electrons. The third kappa shape index (κ3) is 7.06. The molecule has 1 aliphatic rings. The van der Waals surface area contributed by atoms with Gasteiger partial charge in [-0.05, 0) is 80.4 Å². The van der Waals surface area contributed by atoms with Crippen molar-refractivity contribution in [2.75, 3.05) is 24.7 Å². The zero-order valence-electron chi connectivity index (χ0n) is 24.6. The molecule has 0 bridgehead atoms. The van der Waals surface area contributed by atoms with Crippen LogP contribution in [0, 0.1) is 0 Å². The van der Waals surface area contributed by atoms with Gasteiger partial charge in [-0.2, -0.15) is 0 Å². The molecule has 1 aromatic heterocycles. The van der Waals surface area contributed by atoms with Crippen molar-refractivity contribution in [3.05, 3.63) is 93.0 Å². The van der Waals surface area contributed by atoms with Crippen LogP contribution in [-0.2, 0) is 15.3 Å². The molecule has 0 spiro atoms. The second-order valence-corrected chi connectivity index (χ2v) is 12.6. The Morgan fingerprint density at radius 1 is 0.911 bits per heavy atom. The maximum atomic E-state index is 13.7. The van der Waals surface area contributed by atoms with Crippen LogP contribution in [-0.4, -0.2) is 46.8 Å². The highest BCUT2D eigenvalue weighted by Gasteiger charge is 2.48. The molecule has 0 aliphatic carbocycles. The number of anilines is 1. The Balaban J connectivity index is 1.57.